The number of nitrogens with one attached hydrogen (secondary N) is 2. The predicted molar refractivity (Wildman–Crippen MR) is 110 cm³/mol. The van der Waals surface area contributed by atoms with Crippen LogP contribution in [0.25, 0.3) is 0 Å². The third-order valence-electron chi connectivity index (χ3n) is 5.52. The number of urea groups is 2. The molecule has 0 radical (unpaired) electrons. The Morgan fingerprint density at radius 1 is 1.21 bits per heavy atom. The second-order valence-corrected chi connectivity index (χ2v) is 7.56. The summed E-state index contributed by atoms with van der Waals surface area (Å²) in [4.78, 5) is 28.6. The molecule has 0 bridgehead atoms. The minimum atomic E-state index is -0.105. The topological polar surface area (TPSA) is 64.7 Å². The van der Waals surface area contributed by atoms with E-state index in [4.69, 9.17) is 0 Å². The third-order valence-corrected chi connectivity index (χ3v) is 5.52. The van der Waals surface area contributed by atoms with Crippen molar-refractivity contribution in [2.24, 2.45) is 5.92 Å². The van der Waals surface area contributed by atoms with Gasteiger partial charge < -0.3 is 15.5 Å². The Labute approximate surface area is 165 Å². The summed E-state index contributed by atoms with van der Waals surface area (Å²) in [5.41, 5.74) is 2.61. The van der Waals surface area contributed by atoms with Gasteiger partial charge in [0.1, 0.15) is 0 Å². The lowest BCUT2D eigenvalue weighted by Crippen LogP contribution is -2.42. The first kappa shape index (κ1) is 18.3. The molecule has 1 saturated heterocycles. The number of rotatable bonds is 6. The fourth-order valence-electron chi connectivity index (χ4n) is 3.68. The van der Waals surface area contributed by atoms with Crippen molar-refractivity contribution in [3.05, 3.63) is 60.2 Å². The van der Waals surface area contributed by atoms with E-state index in [1.165, 1.54) is 12.8 Å². The molecule has 0 spiro atoms. The molecule has 1 heterocycles. The second kappa shape index (κ2) is 7.92. The van der Waals surface area contributed by atoms with Crippen LogP contribution < -0.4 is 15.5 Å². The molecular formula is C22H26N4O2. The molecule has 2 fully saturated rings. The van der Waals surface area contributed by atoms with Crippen molar-refractivity contribution in [2.45, 2.75) is 32.4 Å². The van der Waals surface area contributed by atoms with Crippen LogP contribution in [0.2, 0.25) is 0 Å². The lowest BCUT2D eigenvalue weighted by Gasteiger charge is -2.30. The van der Waals surface area contributed by atoms with E-state index in [-0.39, 0.29) is 18.1 Å². The smallest absolute Gasteiger partial charge is 0.322 e. The molecule has 1 aliphatic carbocycles. The average Bonchev–Trinajstić information content (AvgIpc) is 3.47. The molecule has 4 amide bonds. The van der Waals surface area contributed by atoms with Gasteiger partial charge in [-0.15, -0.1) is 0 Å². The summed E-state index contributed by atoms with van der Waals surface area (Å²) < 4.78 is 0. The number of amides is 4. The maximum absolute atomic E-state index is 13.1. The van der Waals surface area contributed by atoms with Crippen LogP contribution in [0.5, 0.6) is 0 Å². The minimum absolute atomic E-state index is 0.100. The van der Waals surface area contributed by atoms with Crippen molar-refractivity contribution in [2.75, 3.05) is 23.3 Å². The zero-order valence-electron chi connectivity index (χ0n) is 16.1. The molecule has 146 valence electrons. The molecule has 4 rings (SSSR count). The largest absolute Gasteiger partial charge is 0.336 e. The van der Waals surface area contributed by atoms with Gasteiger partial charge in [0.2, 0.25) is 0 Å². The number of hydrogen-bond acceptors (Lipinski definition) is 2. The number of anilines is 2. The molecule has 6 nitrogen and oxygen atoms in total. The third kappa shape index (κ3) is 4.11. The van der Waals surface area contributed by atoms with Crippen LogP contribution in [0.15, 0.2) is 54.6 Å². The fourth-order valence-corrected chi connectivity index (χ4v) is 3.68. The van der Waals surface area contributed by atoms with Crippen molar-refractivity contribution < 1.29 is 9.59 Å². The first-order valence-electron chi connectivity index (χ1n) is 9.89. The van der Waals surface area contributed by atoms with E-state index in [1.807, 2.05) is 59.5 Å². The Morgan fingerprint density at radius 2 is 2.00 bits per heavy atom. The summed E-state index contributed by atoms with van der Waals surface area (Å²) in [5.74, 6) is 0.578. The molecule has 28 heavy (non-hydrogen) atoms. The van der Waals surface area contributed by atoms with Crippen molar-refractivity contribution in [1.29, 1.82) is 0 Å². The van der Waals surface area contributed by atoms with Crippen LogP contribution in [-0.4, -0.2) is 36.1 Å². The van der Waals surface area contributed by atoms with Crippen LogP contribution >= 0.6 is 0 Å². The summed E-state index contributed by atoms with van der Waals surface area (Å²) in [7, 11) is 0. The van der Waals surface area contributed by atoms with Crippen LogP contribution in [0.1, 0.15) is 25.3 Å². The van der Waals surface area contributed by atoms with Gasteiger partial charge >= 0.3 is 12.1 Å². The molecule has 1 atom stereocenters. The average molecular weight is 378 g/mol. The van der Waals surface area contributed by atoms with E-state index >= 15 is 0 Å². The van der Waals surface area contributed by atoms with Crippen molar-refractivity contribution in [1.82, 2.24) is 10.2 Å². The molecule has 1 unspecified atom stereocenters. The number of carbonyl (C=O) groups excluding carboxylic acids is 2. The van der Waals surface area contributed by atoms with Crippen LogP contribution in [-0.2, 0) is 6.54 Å². The summed E-state index contributed by atoms with van der Waals surface area (Å²) in [6.45, 7) is 3.98. The first-order chi connectivity index (χ1) is 13.6. The molecule has 2 N–H and O–H groups in total. The number of nitrogens with zero attached hydrogens (tertiary/aromatic N) is 2. The predicted octanol–water partition coefficient (Wildman–Crippen LogP) is 4.05. The normalized spacial score (nSPS) is 17.2. The number of hydrogen-bond donors (Lipinski definition) is 2. The molecule has 2 aliphatic rings. The van der Waals surface area contributed by atoms with Gasteiger partial charge in [0.25, 0.3) is 0 Å². The van der Waals surface area contributed by atoms with E-state index in [2.05, 4.69) is 17.6 Å². The molecule has 0 aromatic heterocycles. The molecule has 1 aliphatic heterocycles. The van der Waals surface area contributed by atoms with Gasteiger partial charge in [-0.05, 0) is 49.4 Å². The highest BCUT2D eigenvalue weighted by atomic mass is 16.2. The van der Waals surface area contributed by atoms with Gasteiger partial charge in [0.15, 0.2) is 0 Å². The number of carbonyl (C=O) groups is 2. The highest BCUT2D eigenvalue weighted by molar-refractivity contribution is 5.95. The Balaban J connectivity index is 1.50. The lowest BCUT2D eigenvalue weighted by molar-refractivity contribution is 0.181. The van der Waals surface area contributed by atoms with Gasteiger partial charge in [-0.1, -0.05) is 36.4 Å². The van der Waals surface area contributed by atoms with Gasteiger partial charge in [-0.2, -0.15) is 0 Å². The zero-order valence-corrected chi connectivity index (χ0v) is 16.1. The molecule has 1 saturated carbocycles. The summed E-state index contributed by atoms with van der Waals surface area (Å²) in [6.07, 6.45) is 2.36. The first-order valence-corrected chi connectivity index (χ1v) is 9.89. The van der Waals surface area contributed by atoms with Crippen molar-refractivity contribution >= 4 is 23.4 Å². The van der Waals surface area contributed by atoms with Gasteiger partial charge in [-0.3, -0.25) is 4.90 Å². The number of benzene rings is 2. The quantitative estimate of drug-likeness (QED) is 0.796. The maximum atomic E-state index is 13.1. The van der Waals surface area contributed by atoms with E-state index < -0.39 is 0 Å². The monoisotopic (exact) mass is 378 g/mol. The van der Waals surface area contributed by atoms with E-state index in [0.717, 1.165) is 11.3 Å². The molecule has 2 aromatic rings. The molecular weight excluding hydrogens is 352 g/mol. The van der Waals surface area contributed by atoms with Gasteiger partial charge in [-0.25, -0.2) is 9.59 Å². The Bertz CT molecular complexity index is 851. The van der Waals surface area contributed by atoms with Crippen LogP contribution in [0.4, 0.5) is 21.0 Å². The summed E-state index contributed by atoms with van der Waals surface area (Å²) in [6, 6.07) is 17.5. The van der Waals surface area contributed by atoms with Gasteiger partial charge in [0, 0.05) is 37.1 Å². The zero-order chi connectivity index (χ0) is 19.5. The van der Waals surface area contributed by atoms with Crippen molar-refractivity contribution in [3.8, 4) is 0 Å². The molecule has 6 heteroatoms. The summed E-state index contributed by atoms with van der Waals surface area (Å²) in [5, 5.41) is 5.83. The molecule has 2 aromatic carbocycles. The highest BCUT2D eigenvalue weighted by Crippen LogP contribution is 2.36. The summed E-state index contributed by atoms with van der Waals surface area (Å²) >= 11 is 0. The fraction of sp³-hybridized carbons (Fsp3) is 0.364. The minimum Gasteiger partial charge on any atom is -0.336 e. The van der Waals surface area contributed by atoms with Crippen LogP contribution in [0.3, 0.4) is 0 Å². The van der Waals surface area contributed by atoms with E-state index in [9.17, 15) is 9.59 Å². The maximum Gasteiger partial charge on any atom is 0.322 e. The Kier molecular flexibility index (Phi) is 5.19. The second-order valence-electron chi connectivity index (χ2n) is 7.56. The van der Waals surface area contributed by atoms with Gasteiger partial charge in [0.05, 0.1) is 0 Å². The van der Waals surface area contributed by atoms with E-state index in [1.54, 1.807) is 4.90 Å². The van der Waals surface area contributed by atoms with E-state index in [0.29, 0.717) is 31.2 Å². The Hall–Kier alpha value is -3.02. The highest BCUT2D eigenvalue weighted by Gasteiger charge is 2.34. The van der Waals surface area contributed by atoms with Crippen molar-refractivity contribution in [3.63, 3.8) is 0 Å². The Morgan fingerprint density at radius 3 is 2.68 bits per heavy atom. The van der Waals surface area contributed by atoms with Crippen LogP contribution in [0, 0.1) is 5.92 Å². The standard InChI is InChI=1S/C22H26N4O2/c1-16(18-10-11-18)26(15-17-6-3-2-4-7-17)22(28)24-19-8-5-9-20(14-19)25-13-12-23-21(25)27/h2-9,14,16,18H,10-13,15H2,1H3,(H,23,27)(H,24,28). The lowest BCUT2D eigenvalue weighted by atomic mass is 10.1. The SMILES string of the molecule is CC(C1CC1)N(Cc1ccccc1)C(=O)Nc1cccc(N2CCNC2=O)c1.